The van der Waals surface area contributed by atoms with Gasteiger partial charge in [0, 0.05) is 11.6 Å². The van der Waals surface area contributed by atoms with Gasteiger partial charge in [-0.05, 0) is 55.5 Å². The zero-order valence-electron chi connectivity index (χ0n) is 10.2. The minimum Gasteiger partial charge on any atom is -0.319 e. The Bertz CT molecular complexity index is 386. The maximum atomic E-state index is 13.3. The molecule has 17 heavy (non-hydrogen) atoms. The molecule has 1 nitrogen and oxygen atoms in total. The summed E-state index contributed by atoms with van der Waals surface area (Å²) in [6.45, 7) is 0.986. The Balaban J connectivity index is 2.19. The molecule has 0 spiro atoms. The molecular weight excluding hydrogens is 237 g/mol. The van der Waals surface area contributed by atoms with Crippen molar-refractivity contribution in [2.24, 2.45) is 5.41 Å². The molecule has 0 amide bonds. The van der Waals surface area contributed by atoms with Crippen molar-refractivity contribution in [1.82, 2.24) is 5.32 Å². The Hall–Kier alpha value is -0.600. The van der Waals surface area contributed by atoms with Crippen LogP contribution in [0, 0.1) is 11.2 Å². The maximum Gasteiger partial charge on any atom is 0.123 e. The van der Waals surface area contributed by atoms with Gasteiger partial charge in [0.1, 0.15) is 5.82 Å². The molecule has 0 heterocycles. The fourth-order valence-corrected chi connectivity index (χ4v) is 3.18. The van der Waals surface area contributed by atoms with E-state index in [-0.39, 0.29) is 11.2 Å². The van der Waals surface area contributed by atoms with Crippen molar-refractivity contribution in [3.8, 4) is 0 Å². The zero-order chi connectivity index (χ0) is 12.3. The van der Waals surface area contributed by atoms with Gasteiger partial charge in [0.25, 0.3) is 0 Å². The molecule has 1 aromatic rings. The van der Waals surface area contributed by atoms with Crippen molar-refractivity contribution in [1.29, 1.82) is 0 Å². The first-order chi connectivity index (χ1) is 8.15. The van der Waals surface area contributed by atoms with Gasteiger partial charge in [0.2, 0.25) is 0 Å². The van der Waals surface area contributed by atoms with Crippen LogP contribution in [0.5, 0.6) is 0 Å². The standard InChI is InChI=1S/C14H19ClFN/c1-17-10-14(6-2-3-7-14)9-11-8-12(16)4-5-13(11)15/h4-5,8,17H,2-3,6-7,9-10H2,1H3. The van der Waals surface area contributed by atoms with Crippen LogP contribution in [-0.2, 0) is 6.42 Å². The topological polar surface area (TPSA) is 12.0 Å². The van der Waals surface area contributed by atoms with E-state index in [9.17, 15) is 4.39 Å². The molecule has 1 fully saturated rings. The van der Waals surface area contributed by atoms with Gasteiger partial charge in [-0.3, -0.25) is 0 Å². The highest BCUT2D eigenvalue weighted by Gasteiger charge is 2.33. The van der Waals surface area contributed by atoms with E-state index in [1.165, 1.54) is 31.7 Å². The molecule has 2 rings (SSSR count). The molecule has 0 radical (unpaired) electrons. The summed E-state index contributed by atoms with van der Waals surface area (Å²) in [4.78, 5) is 0. The highest BCUT2D eigenvalue weighted by atomic mass is 35.5. The lowest BCUT2D eigenvalue weighted by Crippen LogP contribution is -2.32. The number of hydrogen-bond acceptors (Lipinski definition) is 1. The lowest BCUT2D eigenvalue weighted by Gasteiger charge is -2.29. The summed E-state index contributed by atoms with van der Waals surface area (Å²) >= 11 is 6.15. The van der Waals surface area contributed by atoms with E-state index in [1.807, 2.05) is 7.05 Å². The van der Waals surface area contributed by atoms with Gasteiger partial charge in [-0.2, -0.15) is 0 Å². The third-order valence-electron chi connectivity index (χ3n) is 3.79. The number of hydrogen-bond donors (Lipinski definition) is 1. The van der Waals surface area contributed by atoms with Gasteiger partial charge in [-0.15, -0.1) is 0 Å². The smallest absolute Gasteiger partial charge is 0.123 e. The van der Waals surface area contributed by atoms with Crippen molar-refractivity contribution < 1.29 is 4.39 Å². The van der Waals surface area contributed by atoms with E-state index in [0.29, 0.717) is 5.02 Å². The van der Waals surface area contributed by atoms with Crippen LogP contribution in [-0.4, -0.2) is 13.6 Å². The molecule has 0 unspecified atom stereocenters. The van der Waals surface area contributed by atoms with E-state index < -0.39 is 0 Å². The van der Waals surface area contributed by atoms with Gasteiger partial charge >= 0.3 is 0 Å². The summed E-state index contributed by atoms with van der Waals surface area (Å²) in [5.74, 6) is -0.193. The summed E-state index contributed by atoms with van der Waals surface area (Å²) in [6, 6.07) is 4.66. The molecule has 1 aliphatic carbocycles. The monoisotopic (exact) mass is 255 g/mol. The summed E-state index contributed by atoms with van der Waals surface area (Å²) in [7, 11) is 1.98. The Kier molecular flexibility index (Phi) is 4.05. The average molecular weight is 256 g/mol. The van der Waals surface area contributed by atoms with E-state index >= 15 is 0 Å². The molecular formula is C14H19ClFN. The Morgan fingerprint density at radius 3 is 2.71 bits per heavy atom. The van der Waals surface area contributed by atoms with Crippen LogP contribution in [0.4, 0.5) is 4.39 Å². The van der Waals surface area contributed by atoms with E-state index in [2.05, 4.69) is 5.32 Å². The second-order valence-electron chi connectivity index (χ2n) is 5.15. The second kappa shape index (κ2) is 5.36. The minimum absolute atomic E-state index is 0.193. The number of nitrogens with one attached hydrogen (secondary N) is 1. The molecule has 0 bridgehead atoms. The second-order valence-corrected chi connectivity index (χ2v) is 5.56. The lowest BCUT2D eigenvalue weighted by atomic mass is 9.80. The molecule has 1 aromatic carbocycles. The Morgan fingerprint density at radius 1 is 1.35 bits per heavy atom. The number of rotatable bonds is 4. The van der Waals surface area contributed by atoms with Gasteiger partial charge in [-0.25, -0.2) is 4.39 Å². The molecule has 1 aliphatic rings. The predicted octanol–water partition coefficient (Wildman–Crippen LogP) is 3.80. The van der Waals surface area contributed by atoms with Gasteiger partial charge in [0.15, 0.2) is 0 Å². The van der Waals surface area contributed by atoms with Crippen LogP contribution >= 0.6 is 11.6 Å². The summed E-state index contributed by atoms with van der Waals surface area (Å²) in [5.41, 5.74) is 1.22. The van der Waals surface area contributed by atoms with Crippen LogP contribution in [0.15, 0.2) is 18.2 Å². The molecule has 94 valence electrons. The predicted molar refractivity (Wildman–Crippen MR) is 69.9 cm³/mol. The normalized spacial score (nSPS) is 18.5. The van der Waals surface area contributed by atoms with Crippen LogP contribution in [0.25, 0.3) is 0 Å². The van der Waals surface area contributed by atoms with E-state index in [1.54, 1.807) is 12.1 Å². The van der Waals surface area contributed by atoms with Crippen LogP contribution in [0.3, 0.4) is 0 Å². The molecule has 3 heteroatoms. The lowest BCUT2D eigenvalue weighted by molar-refractivity contribution is 0.285. The molecule has 1 N–H and O–H groups in total. The first-order valence-corrected chi connectivity index (χ1v) is 6.62. The summed E-state index contributed by atoms with van der Waals surface area (Å²) in [5, 5.41) is 3.96. The van der Waals surface area contributed by atoms with Crippen molar-refractivity contribution in [2.45, 2.75) is 32.1 Å². The van der Waals surface area contributed by atoms with Crippen molar-refractivity contribution in [2.75, 3.05) is 13.6 Å². The maximum absolute atomic E-state index is 13.3. The SMILES string of the molecule is CNCC1(Cc2cc(F)ccc2Cl)CCCC1. The molecule has 0 saturated heterocycles. The van der Waals surface area contributed by atoms with Gasteiger partial charge < -0.3 is 5.32 Å². The first-order valence-electron chi connectivity index (χ1n) is 6.24. The molecule has 1 saturated carbocycles. The fraction of sp³-hybridized carbons (Fsp3) is 0.571. The molecule has 0 aromatic heterocycles. The third kappa shape index (κ3) is 2.99. The average Bonchev–Trinajstić information content (AvgIpc) is 2.73. The fourth-order valence-electron chi connectivity index (χ4n) is 3.00. The quantitative estimate of drug-likeness (QED) is 0.863. The summed E-state index contributed by atoms with van der Waals surface area (Å²) in [6.07, 6.45) is 5.84. The van der Waals surface area contributed by atoms with Crippen molar-refractivity contribution in [3.05, 3.63) is 34.6 Å². The highest BCUT2D eigenvalue weighted by molar-refractivity contribution is 6.31. The Labute approximate surface area is 107 Å². The highest BCUT2D eigenvalue weighted by Crippen LogP contribution is 2.41. The van der Waals surface area contributed by atoms with Crippen LogP contribution in [0.2, 0.25) is 5.02 Å². The largest absolute Gasteiger partial charge is 0.319 e. The number of halogens is 2. The minimum atomic E-state index is -0.193. The number of benzene rings is 1. The van der Waals surface area contributed by atoms with Crippen molar-refractivity contribution in [3.63, 3.8) is 0 Å². The summed E-state index contributed by atoms with van der Waals surface area (Å²) < 4.78 is 13.3. The zero-order valence-corrected chi connectivity index (χ0v) is 11.0. The van der Waals surface area contributed by atoms with Crippen LogP contribution < -0.4 is 5.32 Å². The Morgan fingerprint density at radius 2 is 2.06 bits per heavy atom. The molecule has 0 atom stereocenters. The van der Waals surface area contributed by atoms with Crippen LogP contribution in [0.1, 0.15) is 31.2 Å². The van der Waals surface area contributed by atoms with E-state index in [0.717, 1.165) is 18.5 Å². The van der Waals surface area contributed by atoms with Gasteiger partial charge in [-0.1, -0.05) is 24.4 Å². The third-order valence-corrected chi connectivity index (χ3v) is 4.16. The first kappa shape index (κ1) is 12.8. The van der Waals surface area contributed by atoms with Gasteiger partial charge in [0.05, 0.1) is 0 Å². The molecule has 0 aliphatic heterocycles. The van der Waals surface area contributed by atoms with Crippen molar-refractivity contribution >= 4 is 11.6 Å². The van der Waals surface area contributed by atoms with E-state index in [4.69, 9.17) is 11.6 Å².